The number of carboxylic acids is 1. The quantitative estimate of drug-likeness (QED) is 0.0523. The van der Waals surface area contributed by atoms with Crippen LogP contribution in [-0.4, -0.2) is 109 Å². The highest BCUT2D eigenvalue weighted by molar-refractivity contribution is 7.80. The molecule has 2 heterocycles. The number of rotatable bonds is 22. The number of carboxylic acid groups (broad SMARTS) is 1. The largest absolute Gasteiger partial charge is 0.508 e. The first kappa shape index (κ1) is 46.9. The summed E-state index contributed by atoms with van der Waals surface area (Å²) in [7, 11) is 0. The number of amides is 5. The van der Waals surface area contributed by atoms with Gasteiger partial charge in [0.15, 0.2) is 0 Å². The van der Waals surface area contributed by atoms with E-state index in [1.165, 1.54) is 29.6 Å². The number of imidazole rings is 1. The molecule has 5 rings (SSSR count). The van der Waals surface area contributed by atoms with Gasteiger partial charge >= 0.3 is 5.97 Å². The van der Waals surface area contributed by atoms with Gasteiger partial charge in [0, 0.05) is 50.0 Å². The minimum atomic E-state index is -1.24. The molecule has 1 aliphatic heterocycles. The molecular weight excluding hydrogens is 813 g/mol. The topological polar surface area (TPSA) is 235 Å². The Morgan fingerprint density at radius 2 is 1.39 bits per heavy atom. The molecule has 1 aromatic heterocycles. The van der Waals surface area contributed by atoms with Gasteiger partial charge in [-0.3, -0.25) is 24.0 Å². The maximum Gasteiger partial charge on any atom is 0.326 e. The predicted molar refractivity (Wildman–Crippen MR) is 235 cm³/mol. The number of aliphatic carboxylic acids is 1. The molecule has 8 N–H and O–H groups in total. The molecule has 0 bridgehead atoms. The Balaban J connectivity index is 1.33. The molecule has 1 fully saturated rings. The number of aromatic hydroxyl groups is 1. The minimum absolute atomic E-state index is 0.0248. The molecule has 3 aromatic carbocycles. The molecule has 0 aliphatic carbocycles. The Morgan fingerprint density at radius 3 is 2.00 bits per heavy atom. The maximum atomic E-state index is 14.4. The van der Waals surface area contributed by atoms with Crippen LogP contribution in [0.15, 0.2) is 97.5 Å². The second kappa shape index (κ2) is 23.1. The molecule has 330 valence electrons. The van der Waals surface area contributed by atoms with Crippen LogP contribution in [0.1, 0.15) is 55.5 Å². The zero-order valence-corrected chi connectivity index (χ0v) is 35.7. The molecule has 0 saturated carbocycles. The average Bonchev–Trinajstić information content (AvgIpc) is 3.99. The Kier molecular flexibility index (Phi) is 17.5. The number of carbonyl (C=O) groups excluding carboxylic acids is 5. The molecule has 0 radical (unpaired) electrons. The molecule has 16 nitrogen and oxygen atoms in total. The third kappa shape index (κ3) is 13.4. The highest BCUT2D eigenvalue weighted by Crippen LogP contribution is 2.21. The van der Waals surface area contributed by atoms with Gasteiger partial charge in [0.25, 0.3) is 0 Å². The number of nitrogens with one attached hydrogen (secondary N) is 6. The molecule has 0 unspecified atom stereocenters. The van der Waals surface area contributed by atoms with Crippen molar-refractivity contribution in [2.75, 3.05) is 12.3 Å². The van der Waals surface area contributed by atoms with Crippen molar-refractivity contribution in [3.8, 4) is 5.75 Å². The van der Waals surface area contributed by atoms with Crippen molar-refractivity contribution >= 4 is 48.1 Å². The summed E-state index contributed by atoms with van der Waals surface area (Å²) in [6.07, 6.45) is 4.21. The van der Waals surface area contributed by atoms with Gasteiger partial charge in [0.2, 0.25) is 29.5 Å². The third-order valence-corrected chi connectivity index (χ3v) is 11.4. The van der Waals surface area contributed by atoms with Crippen LogP contribution in [0.2, 0.25) is 0 Å². The van der Waals surface area contributed by atoms with Crippen LogP contribution >= 0.6 is 12.6 Å². The zero-order chi connectivity index (χ0) is 44.6. The summed E-state index contributed by atoms with van der Waals surface area (Å²) in [4.78, 5) is 91.0. The van der Waals surface area contributed by atoms with Gasteiger partial charge in [0.1, 0.15) is 36.0 Å². The fourth-order valence-electron chi connectivity index (χ4n) is 7.28. The average molecular weight is 869 g/mol. The van der Waals surface area contributed by atoms with Crippen LogP contribution in [0, 0.1) is 5.92 Å². The molecule has 7 atom stereocenters. The third-order valence-electron chi connectivity index (χ3n) is 11.0. The van der Waals surface area contributed by atoms with E-state index in [2.05, 4.69) is 49.2 Å². The highest BCUT2D eigenvalue weighted by Gasteiger charge is 2.40. The number of nitrogens with zero attached hydrogens (tertiary/aromatic N) is 2. The van der Waals surface area contributed by atoms with Crippen molar-refractivity contribution in [1.82, 2.24) is 41.5 Å². The van der Waals surface area contributed by atoms with Crippen LogP contribution in [0.4, 0.5) is 0 Å². The molecular formula is C45H56N8O8S. The van der Waals surface area contributed by atoms with Crippen molar-refractivity contribution in [2.45, 2.75) is 95.2 Å². The summed E-state index contributed by atoms with van der Waals surface area (Å²) >= 11 is 4.39. The van der Waals surface area contributed by atoms with E-state index in [0.717, 1.165) is 11.1 Å². The lowest BCUT2D eigenvalue weighted by molar-refractivity contribution is -0.145. The summed E-state index contributed by atoms with van der Waals surface area (Å²) in [6.45, 7) is 4.21. The van der Waals surface area contributed by atoms with Gasteiger partial charge in [0.05, 0.1) is 12.4 Å². The Labute approximate surface area is 366 Å². The molecule has 1 aliphatic rings. The van der Waals surface area contributed by atoms with E-state index in [1.54, 1.807) is 49.4 Å². The van der Waals surface area contributed by atoms with Gasteiger partial charge in [-0.25, -0.2) is 9.78 Å². The van der Waals surface area contributed by atoms with E-state index in [0.29, 0.717) is 30.6 Å². The molecule has 0 spiro atoms. The van der Waals surface area contributed by atoms with Gasteiger partial charge < -0.3 is 46.7 Å². The van der Waals surface area contributed by atoms with Crippen molar-refractivity contribution < 1.29 is 39.0 Å². The number of aromatic nitrogens is 2. The highest BCUT2D eigenvalue weighted by atomic mass is 32.1. The summed E-state index contributed by atoms with van der Waals surface area (Å²) in [6, 6.07) is 18.1. The van der Waals surface area contributed by atoms with E-state index >= 15 is 0 Å². The number of phenols is 1. The second-order valence-corrected chi connectivity index (χ2v) is 15.9. The van der Waals surface area contributed by atoms with Crippen molar-refractivity contribution in [2.24, 2.45) is 5.92 Å². The molecule has 1 saturated heterocycles. The zero-order valence-electron chi connectivity index (χ0n) is 34.8. The first-order chi connectivity index (χ1) is 29.9. The normalized spacial score (nSPS) is 16.5. The van der Waals surface area contributed by atoms with Crippen LogP contribution in [-0.2, 0) is 54.6 Å². The number of benzene rings is 3. The molecule has 62 heavy (non-hydrogen) atoms. The fourth-order valence-corrected chi connectivity index (χ4v) is 7.58. The number of phenolic OH excluding ortho intramolecular Hbond substituents is 1. The van der Waals surface area contributed by atoms with E-state index in [9.17, 15) is 39.0 Å². The van der Waals surface area contributed by atoms with Gasteiger partial charge in [-0.15, -0.1) is 0 Å². The van der Waals surface area contributed by atoms with Gasteiger partial charge in [-0.2, -0.15) is 12.6 Å². The van der Waals surface area contributed by atoms with Crippen LogP contribution in [0.3, 0.4) is 0 Å². The number of hydrogen-bond donors (Lipinski definition) is 9. The number of hydrogen-bond acceptors (Lipinski definition) is 10. The molecule has 5 amide bonds. The first-order valence-corrected chi connectivity index (χ1v) is 21.4. The molecule has 4 aromatic rings. The first-order valence-electron chi connectivity index (χ1n) is 20.8. The lowest BCUT2D eigenvalue weighted by Gasteiger charge is -2.31. The summed E-state index contributed by atoms with van der Waals surface area (Å²) < 4.78 is 0. The number of likely N-dealkylation sites (tertiary alicyclic amines) is 1. The minimum Gasteiger partial charge on any atom is -0.508 e. The van der Waals surface area contributed by atoms with Crippen molar-refractivity contribution in [1.29, 1.82) is 0 Å². The van der Waals surface area contributed by atoms with Gasteiger partial charge in [-0.1, -0.05) is 93.1 Å². The van der Waals surface area contributed by atoms with Crippen LogP contribution in [0.5, 0.6) is 5.75 Å². The fraction of sp³-hybridized carbons (Fsp3) is 0.400. The lowest BCUT2D eigenvalue weighted by atomic mass is 9.96. The van der Waals surface area contributed by atoms with E-state index < -0.39 is 77.7 Å². The predicted octanol–water partition coefficient (Wildman–Crippen LogP) is 2.29. The lowest BCUT2D eigenvalue weighted by Crippen LogP contribution is -2.61. The SMILES string of the molecule is CC[C@H](C)[C@H](NC(=O)[C@H](Cc1ccc(O)cc1)NC(=O)[C@H](CS)NCc1ccccc1)C(=O)N[C@@H](Cc1cnc[nH]1)C(=O)N1CCC[C@H]1C(=O)N[C@@H](Cc1ccccc1)C(=O)O. The van der Waals surface area contributed by atoms with E-state index in [-0.39, 0.29) is 43.7 Å². The number of aromatic amines is 1. The Hall–Kier alpha value is -6.20. The van der Waals surface area contributed by atoms with Crippen LogP contribution < -0.4 is 26.6 Å². The number of carbonyl (C=O) groups is 6. The maximum absolute atomic E-state index is 14.4. The van der Waals surface area contributed by atoms with E-state index in [4.69, 9.17) is 0 Å². The van der Waals surface area contributed by atoms with Crippen molar-refractivity contribution in [3.05, 3.63) is 120 Å². The number of thiol groups is 1. The number of H-pyrrole nitrogens is 1. The Morgan fingerprint density at radius 1 is 0.774 bits per heavy atom. The standard InChI is InChI=1S/C45H56N8O8S/c1-3-28(2)39(52-40(55)34(21-30-16-18-33(54)19-17-30)49-41(56)37(26-62)47-24-31-13-8-5-9-14-31)43(58)50-35(23-32-25-46-27-48-32)44(59)53-20-10-15-38(53)42(57)51-36(45(60)61)22-29-11-6-4-7-12-29/h4-9,11-14,16-19,25,27-28,34-39,47,54,62H,3,10,15,20-24,26H2,1-2H3,(H,46,48)(H,49,56)(H,50,58)(H,51,57)(H,52,55)(H,60,61)/t28-,34-,35-,36-,37-,38-,39-/m0/s1. The molecule has 17 heteroatoms. The summed E-state index contributed by atoms with van der Waals surface area (Å²) in [5.74, 6) is -4.47. The van der Waals surface area contributed by atoms with E-state index in [1.807, 2.05) is 37.3 Å². The second-order valence-electron chi connectivity index (χ2n) is 15.5. The smallest absolute Gasteiger partial charge is 0.326 e. The summed E-state index contributed by atoms with van der Waals surface area (Å²) in [5, 5.41) is 34.2. The summed E-state index contributed by atoms with van der Waals surface area (Å²) in [5.41, 5.74) is 2.83. The van der Waals surface area contributed by atoms with Crippen molar-refractivity contribution in [3.63, 3.8) is 0 Å². The Bertz CT molecular complexity index is 2090. The monoisotopic (exact) mass is 868 g/mol. The van der Waals surface area contributed by atoms with Crippen LogP contribution in [0.25, 0.3) is 0 Å². The van der Waals surface area contributed by atoms with Gasteiger partial charge in [-0.05, 0) is 47.6 Å².